The van der Waals surface area contributed by atoms with E-state index in [1.165, 1.54) is 0 Å². The van der Waals surface area contributed by atoms with E-state index in [1.54, 1.807) is 12.1 Å². The summed E-state index contributed by atoms with van der Waals surface area (Å²) in [5.41, 5.74) is 7.56. The van der Waals surface area contributed by atoms with Crippen LogP contribution in [0.5, 0.6) is 0 Å². The fourth-order valence-electron chi connectivity index (χ4n) is 1.94. The molecular weight excluding hydrogens is 214 g/mol. The van der Waals surface area contributed by atoms with Crippen LogP contribution in [-0.2, 0) is 4.79 Å². The predicted molar refractivity (Wildman–Crippen MR) is 69.3 cm³/mol. The molecule has 0 atom stereocenters. The summed E-state index contributed by atoms with van der Waals surface area (Å²) in [7, 11) is 1.80. The highest BCUT2D eigenvalue weighted by molar-refractivity contribution is 5.81. The van der Waals surface area contributed by atoms with Gasteiger partial charge in [0.1, 0.15) is 0 Å². The number of benzene rings is 1. The lowest BCUT2D eigenvalue weighted by molar-refractivity contribution is -0.126. The van der Waals surface area contributed by atoms with Crippen molar-refractivity contribution in [3.8, 4) is 0 Å². The Bertz CT molecular complexity index is 442. The van der Waals surface area contributed by atoms with Crippen LogP contribution in [0.2, 0.25) is 0 Å². The molecular formula is C13H17N3O. The van der Waals surface area contributed by atoms with Gasteiger partial charge >= 0.3 is 0 Å². The van der Waals surface area contributed by atoms with Crippen molar-refractivity contribution in [1.82, 2.24) is 5.01 Å². The summed E-state index contributed by atoms with van der Waals surface area (Å²) in [5.74, 6) is 0.160. The molecule has 90 valence electrons. The summed E-state index contributed by atoms with van der Waals surface area (Å²) < 4.78 is 0. The summed E-state index contributed by atoms with van der Waals surface area (Å²) in [4.78, 5) is 11.5. The van der Waals surface area contributed by atoms with Crippen LogP contribution in [-0.4, -0.2) is 31.1 Å². The van der Waals surface area contributed by atoms with Gasteiger partial charge in [-0.15, -0.1) is 0 Å². The lowest BCUT2D eigenvalue weighted by Crippen LogP contribution is -2.35. The van der Waals surface area contributed by atoms with Crippen LogP contribution >= 0.6 is 0 Å². The minimum atomic E-state index is 0.160. The van der Waals surface area contributed by atoms with Gasteiger partial charge in [0.25, 0.3) is 0 Å². The minimum absolute atomic E-state index is 0.160. The zero-order valence-corrected chi connectivity index (χ0v) is 9.97. The summed E-state index contributed by atoms with van der Waals surface area (Å²) in [6, 6.07) is 8.08. The first kappa shape index (κ1) is 11.7. The van der Waals surface area contributed by atoms with Gasteiger partial charge in [-0.3, -0.25) is 14.8 Å². The molecule has 4 nitrogen and oxygen atoms in total. The summed E-state index contributed by atoms with van der Waals surface area (Å²) >= 11 is 0. The van der Waals surface area contributed by atoms with Crippen LogP contribution in [0.15, 0.2) is 30.3 Å². The van der Waals surface area contributed by atoms with Crippen molar-refractivity contribution >= 4 is 17.7 Å². The van der Waals surface area contributed by atoms with E-state index in [0.29, 0.717) is 13.0 Å². The Morgan fingerprint density at radius 1 is 1.47 bits per heavy atom. The first-order valence-electron chi connectivity index (χ1n) is 5.73. The van der Waals surface area contributed by atoms with Gasteiger partial charge in [0.05, 0.1) is 5.69 Å². The second kappa shape index (κ2) is 5.01. The normalized spacial score (nSPS) is 16.2. The number of nitrogens with two attached hydrogens (primary N) is 1. The van der Waals surface area contributed by atoms with E-state index >= 15 is 0 Å². The van der Waals surface area contributed by atoms with Gasteiger partial charge in [0, 0.05) is 26.6 Å². The van der Waals surface area contributed by atoms with Crippen LogP contribution in [0.3, 0.4) is 0 Å². The molecule has 0 aromatic heterocycles. The van der Waals surface area contributed by atoms with Crippen LogP contribution in [0.25, 0.3) is 6.08 Å². The molecule has 1 aliphatic heterocycles. The number of anilines is 1. The quantitative estimate of drug-likeness (QED) is 0.851. The predicted octanol–water partition coefficient (Wildman–Crippen LogP) is 1.24. The second-order valence-electron chi connectivity index (χ2n) is 4.02. The number of amides is 1. The lowest BCUT2D eigenvalue weighted by atomic mass is 10.2. The molecule has 17 heavy (non-hydrogen) atoms. The maximum Gasteiger partial charge on any atom is 0.242 e. The molecule has 1 aromatic carbocycles. The number of nitrogens with zero attached hydrogens (tertiary/aromatic N) is 2. The van der Waals surface area contributed by atoms with E-state index < -0.39 is 0 Å². The van der Waals surface area contributed by atoms with Crippen molar-refractivity contribution < 1.29 is 4.79 Å². The third-order valence-corrected chi connectivity index (χ3v) is 2.88. The lowest BCUT2D eigenvalue weighted by Gasteiger charge is -2.26. The van der Waals surface area contributed by atoms with Gasteiger partial charge in [-0.1, -0.05) is 24.3 Å². The highest BCUT2D eigenvalue weighted by Crippen LogP contribution is 2.22. The highest BCUT2D eigenvalue weighted by Gasteiger charge is 2.25. The number of carbonyl (C=O) groups is 1. The van der Waals surface area contributed by atoms with Gasteiger partial charge in [-0.25, -0.2) is 0 Å². The Balaban J connectivity index is 2.21. The van der Waals surface area contributed by atoms with Crippen molar-refractivity contribution in [1.29, 1.82) is 0 Å². The number of carbonyl (C=O) groups excluding carboxylic acids is 1. The standard InChI is InChI=1S/C13H17N3O/c1-15-13(17)7-9-16(15)12-6-2-4-11(10-12)5-3-8-14/h2-6,10H,7-9,14H2,1H3/b5-3+. The first-order valence-corrected chi connectivity index (χ1v) is 5.73. The molecule has 4 heteroatoms. The Morgan fingerprint density at radius 2 is 2.29 bits per heavy atom. The molecule has 0 bridgehead atoms. The molecule has 2 rings (SSSR count). The average Bonchev–Trinajstić information content (AvgIpc) is 2.68. The third kappa shape index (κ3) is 2.47. The number of hydrazine groups is 1. The maximum absolute atomic E-state index is 11.5. The molecule has 0 spiro atoms. The Morgan fingerprint density at radius 3 is 2.94 bits per heavy atom. The molecule has 0 unspecified atom stereocenters. The molecule has 0 aliphatic carbocycles. The van der Waals surface area contributed by atoms with Gasteiger partial charge in [-0.05, 0) is 17.7 Å². The smallest absolute Gasteiger partial charge is 0.242 e. The maximum atomic E-state index is 11.5. The van der Waals surface area contributed by atoms with Crippen molar-refractivity contribution in [2.24, 2.45) is 5.73 Å². The number of hydrogen-bond acceptors (Lipinski definition) is 3. The molecule has 2 N–H and O–H groups in total. The average molecular weight is 231 g/mol. The molecule has 1 amide bonds. The van der Waals surface area contributed by atoms with Gasteiger partial charge in [0.15, 0.2) is 0 Å². The van der Waals surface area contributed by atoms with Gasteiger partial charge in [0.2, 0.25) is 5.91 Å². The third-order valence-electron chi connectivity index (χ3n) is 2.88. The fraction of sp³-hybridized carbons (Fsp3) is 0.308. The fourth-order valence-corrected chi connectivity index (χ4v) is 1.94. The van der Waals surface area contributed by atoms with Gasteiger partial charge < -0.3 is 5.73 Å². The number of hydrogen-bond donors (Lipinski definition) is 1. The SMILES string of the molecule is CN1C(=O)CCN1c1cccc(/C=C/CN)c1. The van der Waals surface area contributed by atoms with Crippen molar-refractivity contribution in [2.45, 2.75) is 6.42 Å². The van der Waals surface area contributed by atoms with Crippen LogP contribution in [0.4, 0.5) is 5.69 Å². The highest BCUT2D eigenvalue weighted by atomic mass is 16.2. The second-order valence-corrected chi connectivity index (χ2v) is 4.02. The monoisotopic (exact) mass is 231 g/mol. The van der Waals surface area contributed by atoms with Crippen LogP contribution in [0.1, 0.15) is 12.0 Å². The van der Waals surface area contributed by atoms with Gasteiger partial charge in [-0.2, -0.15) is 0 Å². The summed E-state index contributed by atoms with van der Waals surface area (Å²) in [6.07, 6.45) is 4.48. The Labute approximate surface area is 101 Å². The molecule has 1 aromatic rings. The van der Waals surface area contributed by atoms with E-state index in [9.17, 15) is 4.79 Å². The Kier molecular flexibility index (Phi) is 3.44. The van der Waals surface area contributed by atoms with Crippen LogP contribution in [0, 0.1) is 0 Å². The van der Waals surface area contributed by atoms with E-state index in [4.69, 9.17) is 5.73 Å². The first-order chi connectivity index (χ1) is 8.22. The van der Waals surface area contributed by atoms with Crippen molar-refractivity contribution in [3.63, 3.8) is 0 Å². The van der Waals surface area contributed by atoms with Crippen molar-refractivity contribution in [3.05, 3.63) is 35.9 Å². The largest absolute Gasteiger partial charge is 0.327 e. The van der Waals surface area contributed by atoms with Crippen molar-refractivity contribution in [2.75, 3.05) is 25.1 Å². The van der Waals surface area contributed by atoms with E-state index in [2.05, 4.69) is 6.07 Å². The van der Waals surface area contributed by atoms with E-state index in [0.717, 1.165) is 17.8 Å². The molecule has 0 radical (unpaired) electrons. The zero-order chi connectivity index (χ0) is 12.3. The molecule has 1 saturated heterocycles. The Hall–Kier alpha value is -1.81. The van der Waals surface area contributed by atoms with E-state index in [-0.39, 0.29) is 5.91 Å². The zero-order valence-electron chi connectivity index (χ0n) is 9.97. The topological polar surface area (TPSA) is 49.6 Å². The minimum Gasteiger partial charge on any atom is -0.327 e. The molecule has 1 heterocycles. The van der Waals surface area contributed by atoms with Crippen LogP contribution < -0.4 is 10.7 Å². The van der Waals surface area contributed by atoms with E-state index in [1.807, 2.05) is 35.4 Å². The molecule has 1 aliphatic rings. The summed E-state index contributed by atoms with van der Waals surface area (Å²) in [6.45, 7) is 1.28. The molecule has 1 fully saturated rings. The summed E-state index contributed by atoms with van der Waals surface area (Å²) in [5, 5.41) is 3.66. The molecule has 0 saturated carbocycles. The number of rotatable bonds is 3.